The van der Waals surface area contributed by atoms with E-state index in [0.717, 1.165) is 149 Å². The SMILES string of the molecule is CC(C)(C)c1cc2c3c(c1)Cc1cc(C(C)(C)C)cc4c1OCCOc1c5cc(I)cc1Cc1cc(I)cc6c1OCCOc1c(cc(C(C)(C)C)cc1C4)Cc1cc(C(C)(C)C)cc(c1OCCOc1c(cc(I)cc1C6)Cc1cc(I)cc(c1OCCO3)C5)C2. The highest BCUT2D eigenvalue weighted by molar-refractivity contribution is 14.1. The van der Waals surface area contributed by atoms with Gasteiger partial charge in [0.2, 0.25) is 0 Å². The van der Waals surface area contributed by atoms with E-state index in [-0.39, 0.29) is 21.7 Å². The second kappa shape index (κ2) is 25.9. The summed E-state index contributed by atoms with van der Waals surface area (Å²) < 4.78 is 64.3. The van der Waals surface area contributed by atoms with Gasteiger partial charge in [0.15, 0.2) is 0 Å². The number of halogens is 4. The molecule has 0 unspecified atom stereocenters. The first kappa shape index (κ1) is 65.7. The van der Waals surface area contributed by atoms with Crippen LogP contribution in [0.5, 0.6) is 46.0 Å². The summed E-state index contributed by atoms with van der Waals surface area (Å²) in [5, 5.41) is 0. The van der Waals surface area contributed by atoms with Gasteiger partial charge in [0.1, 0.15) is 98.9 Å². The van der Waals surface area contributed by atoms with Crippen LogP contribution >= 0.6 is 90.4 Å². The minimum atomic E-state index is -0.215. The Labute approximate surface area is 599 Å². The molecule has 0 saturated heterocycles. The maximum atomic E-state index is 7.54. The molecule has 8 aromatic carbocycles. The molecule has 0 radical (unpaired) electrons. The zero-order valence-electron chi connectivity index (χ0n) is 55.3. The third-order valence-electron chi connectivity index (χ3n) is 18.6. The number of hydrogen-bond acceptors (Lipinski definition) is 8. The van der Waals surface area contributed by atoms with E-state index >= 15 is 0 Å². The highest BCUT2D eigenvalue weighted by Crippen LogP contribution is 2.47. The summed E-state index contributed by atoms with van der Waals surface area (Å²) in [6, 6.07) is 37.6. The van der Waals surface area contributed by atoms with Crippen LogP contribution in [0.15, 0.2) is 97.1 Å². The zero-order valence-corrected chi connectivity index (χ0v) is 64.0. The van der Waals surface area contributed by atoms with Crippen LogP contribution in [0.4, 0.5) is 0 Å². The van der Waals surface area contributed by atoms with Gasteiger partial charge in [0.05, 0.1) is 0 Å². The predicted octanol–water partition coefficient (Wildman–Crippen LogP) is 19.4. The largest absolute Gasteiger partial charge is 0.489 e. The van der Waals surface area contributed by atoms with Gasteiger partial charge in [-0.3, -0.25) is 0 Å². The van der Waals surface area contributed by atoms with Crippen molar-refractivity contribution < 1.29 is 37.9 Å². The van der Waals surface area contributed by atoms with E-state index in [0.29, 0.717) is 104 Å². The van der Waals surface area contributed by atoms with Crippen LogP contribution in [-0.2, 0) is 73.0 Å². The van der Waals surface area contributed by atoms with Crippen LogP contribution in [0.1, 0.15) is 194 Å². The predicted molar refractivity (Wildman–Crippen MR) is 404 cm³/mol. The third kappa shape index (κ3) is 14.0. The number of benzene rings is 8. The first-order valence-corrected chi connectivity index (χ1v) is 36.9. The Kier molecular flexibility index (Phi) is 18.5. The first-order chi connectivity index (χ1) is 43.7. The zero-order chi connectivity index (χ0) is 64.8. The minimum Gasteiger partial charge on any atom is -0.489 e. The second-order valence-electron chi connectivity index (χ2n) is 29.9. The van der Waals surface area contributed by atoms with Gasteiger partial charge < -0.3 is 37.9 Å². The molecule has 24 bridgehead atoms. The van der Waals surface area contributed by atoms with Crippen molar-refractivity contribution in [1.29, 1.82) is 0 Å². The Bertz CT molecular complexity index is 3500. The molecule has 0 N–H and O–H groups in total. The lowest BCUT2D eigenvalue weighted by molar-refractivity contribution is 0.207. The van der Waals surface area contributed by atoms with Crippen LogP contribution in [0, 0.1) is 14.3 Å². The van der Waals surface area contributed by atoms with Crippen LogP contribution in [0.25, 0.3) is 0 Å². The third-order valence-corrected chi connectivity index (χ3v) is 21.1. The lowest BCUT2D eigenvalue weighted by atomic mass is 9.79. The maximum Gasteiger partial charge on any atom is 0.126 e. The molecule has 92 heavy (non-hydrogen) atoms. The van der Waals surface area contributed by atoms with Gasteiger partial charge in [-0.2, -0.15) is 0 Å². The van der Waals surface area contributed by atoms with Gasteiger partial charge in [-0.1, -0.05) is 132 Å². The Balaban J connectivity index is 1.19. The summed E-state index contributed by atoms with van der Waals surface area (Å²) in [7, 11) is 0. The van der Waals surface area contributed by atoms with Crippen molar-refractivity contribution in [3.8, 4) is 46.0 Å². The van der Waals surface area contributed by atoms with Crippen LogP contribution in [0.3, 0.4) is 0 Å². The first-order valence-electron chi connectivity index (χ1n) is 32.6. The molecule has 0 fully saturated rings. The van der Waals surface area contributed by atoms with E-state index < -0.39 is 0 Å². The van der Waals surface area contributed by atoms with Gasteiger partial charge >= 0.3 is 0 Å². The molecule has 12 heteroatoms. The molecule has 8 aromatic rings. The van der Waals surface area contributed by atoms with E-state index in [2.05, 4.69) is 271 Å². The van der Waals surface area contributed by atoms with E-state index in [1.165, 1.54) is 22.3 Å². The molecular formula is C80H84I4O8. The quantitative estimate of drug-likeness (QED) is 0.139. The Morgan fingerprint density at radius 1 is 0.196 bits per heavy atom. The van der Waals surface area contributed by atoms with Crippen molar-refractivity contribution in [2.75, 3.05) is 52.9 Å². The molecular weight excluding hydrogens is 1600 g/mol. The number of hydrogen-bond donors (Lipinski definition) is 0. The fourth-order valence-electron chi connectivity index (χ4n) is 14.0. The van der Waals surface area contributed by atoms with Crippen molar-refractivity contribution >= 4 is 90.4 Å². The van der Waals surface area contributed by atoms with Crippen LogP contribution < -0.4 is 37.9 Å². The molecule has 480 valence electrons. The summed E-state index contributed by atoms with van der Waals surface area (Å²) in [5.41, 5.74) is 21.4. The molecule has 0 saturated carbocycles. The second-order valence-corrected chi connectivity index (χ2v) is 34.9. The molecule has 0 amide bonds. The highest BCUT2D eigenvalue weighted by Gasteiger charge is 2.32. The average molecular weight is 1680 g/mol. The van der Waals surface area contributed by atoms with Crippen LogP contribution in [-0.4, -0.2) is 52.9 Å². The summed E-state index contributed by atoms with van der Waals surface area (Å²) in [6.45, 7) is 30.2. The van der Waals surface area contributed by atoms with Crippen molar-refractivity contribution in [2.45, 2.75) is 156 Å². The highest BCUT2D eigenvalue weighted by atomic mass is 127. The summed E-state index contributed by atoms with van der Waals surface area (Å²) >= 11 is 10.00. The van der Waals surface area contributed by atoms with Crippen molar-refractivity contribution in [3.63, 3.8) is 0 Å². The minimum absolute atomic E-state index is 0.215. The molecule has 6 aliphatic rings. The van der Waals surface area contributed by atoms with Crippen molar-refractivity contribution in [1.82, 2.24) is 0 Å². The lowest BCUT2D eigenvalue weighted by Gasteiger charge is -2.30. The molecule has 2 aliphatic carbocycles. The molecule has 0 atom stereocenters. The van der Waals surface area contributed by atoms with E-state index in [4.69, 9.17) is 37.9 Å². The fourth-order valence-corrected chi connectivity index (χ4v) is 17.0. The molecule has 4 aliphatic heterocycles. The molecule has 8 nitrogen and oxygen atoms in total. The number of rotatable bonds is 0. The van der Waals surface area contributed by atoms with E-state index in [1.54, 1.807) is 0 Å². The Morgan fingerprint density at radius 2 is 0.304 bits per heavy atom. The topological polar surface area (TPSA) is 73.8 Å². The molecule has 0 spiro atoms. The maximum absolute atomic E-state index is 7.54. The smallest absolute Gasteiger partial charge is 0.126 e. The average Bonchev–Trinajstić information content (AvgIpc) is 1.15. The standard InChI is InChI=1S/C80H84I4O8/c1-77(2,3)61-29-45-21-47-31-62(78(4,5)6)33-49-23-51-35-64(80(10,11)12)36-52-24-50-34-63(79(7,8)9)32-48-22-46(30-61)69(45)85-13-17-89-73-53-25-55-39-66(82)41-57(74(55)90-18-14-86-70(47)49)27-59-43-68(84)44-60(76(59)92-20-16-88-72(51)52)28-58-42-67(83)40-56(26-54(73)38-65(81)37-53)75(58)91-19-15-87-71(48)50/h29-44H,13-28H2,1-12H3. The Hall–Kier alpha value is -4.92. The molecule has 14 rings (SSSR count). The normalized spacial score (nSPS) is 15.8. The van der Waals surface area contributed by atoms with E-state index in [9.17, 15) is 0 Å². The molecule has 0 aromatic heterocycles. The number of fused-ring (bicyclic) bond motifs is 12. The van der Waals surface area contributed by atoms with Crippen molar-refractivity contribution in [2.24, 2.45) is 0 Å². The van der Waals surface area contributed by atoms with Crippen LogP contribution in [0.2, 0.25) is 0 Å². The molecule has 4 heterocycles. The summed E-state index contributed by atoms with van der Waals surface area (Å²) in [5.74, 6) is 6.87. The lowest BCUT2D eigenvalue weighted by Crippen LogP contribution is -2.20. The number of ether oxygens (including phenoxy) is 8. The summed E-state index contributed by atoms with van der Waals surface area (Å²) in [4.78, 5) is 0. The van der Waals surface area contributed by atoms with Gasteiger partial charge in [-0.15, -0.1) is 0 Å². The van der Waals surface area contributed by atoms with Crippen molar-refractivity contribution in [3.05, 3.63) is 223 Å². The van der Waals surface area contributed by atoms with Gasteiger partial charge in [-0.05, 0) is 272 Å². The summed E-state index contributed by atoms with van der Waals surface area (Å²) in [6.07, 6.45) is 4.38. The fraction of sp³-hybridized carbons (Fsp3) is 0.400. The Morgan fingerprint density at radius 3 is 0.413 bits per heavy atom. The van der Waals surface area contributed by atoms with E-state index in [1.807, 2.05) is 0 Å². The van der Waals surface area contributed by atoms with Gasteiger partial charge in [-0.25, -0.2) is 0 Å². The van der Waals surface area contributed by atoms with Gasteiger partial charge in [0, 0.05) is 65.6 Å². The monoisotopic (exact) mass is 1680 g/mol. The van der Waals surface area contributed by atoms with Gasteiger partial charge in [0.25, 0.3) is 0 Å².